The molecule has 0 saturated carbocycles. The van der Waals surface area contributed by atoms with Crippen LogP contribution in [-0.4, -0.2) is 42.8 Å². The Morgan fingerprint density at radius 2 is 2.11 bits per heavy atom. The smallest absolute Gasteiger partial charge is 0.270 e. The monoisotopic (exact) mass is 272 g/mol. The minimum absolute atomic E-state index is 0.0382. The number of amides is 1. The van der Waals surface area contributed by atoms with E-state index in [-0.39, 0.29) is 29.8 Å². The first-order chi connectivity index (χ1) is 8.28. The van der Waals surface area contributed by atoms with Gasteiger partial charge in [-0.05, 0) is 19.4 Å². The topological polar surface area (TPSA) is 115 Å². The second kappa shape index (κ2) is 5.76. The average molecular weight is 272 g/mol. The molecule has 0 aliphatic heterocycles. The largest absolute Gasteiger partial charge is 0.368 e. The van der Waals surface area contributed by atoms with Gasteiger partial charge in [0.15, 0.2) is 0 Å². The van der Waals surface area contributed by atoms with Crippen LogP contribution in [0.1, 0.15) is 22.6 Å². The quantitative estimate of drug-likeness (QED) is 0.700. The van der Waals surface area contributed by atoms with Gasteiger partial charge < -0.3 is 11.1 Å². The van der Waals surface area contributed by atoms with Gasteiger partial charge in [0.25, 0.3) is 5.91 Å². The van der Waals surface area contributed by atoms with Gasteiger partial charge in [0, 0.05) is 18.5 Å². The number of aromatic nitrogens is 2. The number of nitrogens with one attached hydrogen (secondary N) is 1. The number of nitrogen functional groups attached to an aromatic ring is 1. The maximum Gasteiger partial charge on any atom is 0.270 e. The van der Waals surface area contributed by atoms with E-state index in [1.807, 2.05) is 0 Å². The lowest BCUT2D eigenvalue weighted by molar-refractivity contribution is 0.0948. The van der Waals surface area contributed by atoms with Gasteiger partial charge in [0.2, 0.25) is 5.95 Å². The van der Waals surface area contributed by atoms with Crippen LogP contribution in [0.4, 0.5) is 5.95 Å². The molecule has 0 spiro atoms. The second-order valence-corrected chi connectivity index (χ2v) is 6.25. The lowest BCUT2D eigenvalue weighted by Gasteiger charge is -2.05. The van der Waals surface area contributed by atoms with Crippen LogP contribution in [-0.2, 0) is 9.84 Å². The summed E-state index contributed by atoms with van der Waals surface area (Å²) in [5.41, 5.74) is 6.21. The molecule has 0 fully saturated rings. The van der Waals surface area contributed by atoms with Crippen LogP contribution in [0.25, 0.3) is 0 Å². The Kier molecular flexibility index (Phi) is 4.60. The molecule has 0 saturated heterocycles. The van der Waals surface area contributed by atoms with Crippen molar-refractivity contribution in [1.29, 1.82) is 0 Å². The number of sulfone groups is 1. The summed E-state index contributed by atoms with van der Waals surface area (Å²) in [6, 6.07) is 1.52. The SMILES string of the molecule is Cc1cc(C(=O)NCCCS(C)(=O)=O)nc(N)n1. The number of nitrogens with two attached hydrogens (primary N) is 1. The molecular formula is C10H16N4O3S. The van der Waals surface area contributed by atoms with Crippen molar-refractivity contribution >= 4 is 21.7 Å². The number of anilines is 1. The number of aryl methyl sites for hydroxylation is 1. The van der Waals surface area contributed by atoms with E-state index >= 15 is 0 Å². The van der Waals surface area contributed by atoms with E-state index in [1.165, 1.54) is 6.07 Å². The van der Waals surface area contributed by atoms with Gasteiger partial charge in [-0.1, -0.05) is 0 Å². The highest BCUT2D eigenvalue weighted by Gasteiger charge is 2.09. The number of hydrogen-bond donors (Lipinski definition) is 2. The Morgan fingerprint density at radius 1 is 1.44 bits per heavy atom. The molecule has 0 aliphatic carbocycles. The zero-order valence-electron chi connectivity index (χ0n) is 10.3. The van der Waals surface area contributed by atoms with Crippen molar-refractivity contribution in [3.05, 3.63) is 17.5 Å². The van der Waals surface area contributed by atoms with Crippen LogP contribution < -0.4 is 11.1 Å². The van der Waals surface area contributed by atoms with Crippen LogP contribution in [0, 0.1) is 6.92 Å². The Morgan fingerprint density at radius 3 is 2.67 bits per heavy atom. The van der Waals surface area contributed by atoms with E-state index < -0.39 is 9.84 Å². The van der Waals surface area contributed by atoms with Crippen LogP contribution in [0.5, 0.6) is 0 Å². The molecule has 1 amide bonds. The number of carbonyl (C=O) groups excluding carboxylic acids is 1. The molecule has 100 valence electrons. The highest BCUT2D eigenvalue weighted by molar-refractivity contribution is 7.90. The summed E-state index contributed by atoms with van der Waals surface area (Å²) in [5.74, 6) is -0.310. The zero-order valence-corrected chi connectivity index (χ0v) is 11.1. The molecule has 0 atom stereocenters. The Labute approximate surface area is 106 Å². The van der Waals surface area contributed by atoms with Crippen molar-refractivity contribution in [2.24, 2.45) is 0 Å². The average Bonchev–Trinajstić information content (AvgIpc) is 2.21. The predicted molar refractivity (Wildman–Crippen MR) is 67.8 cm³/mol. The highest BCUT2D eigenvalue weighted by Crippen LogP contribution is 2.01. The van der Waals surface area contributed by atoms with E-state index in [0.717, 1.165) is 6.26 Å². The molecule has 18 heavy (non-hydrogen) atoms. The fourth-order valence-corrected chi connectivity index (χ4v) is 2.00. The van der Waals surface area contributed by atoms with Gasteiger partial charge >= 0.3 is 0 Å². The van der Waals surface area contributed by atoms with E-state index in [0.29, 0.717) is 12.1 Å². The van der Waals surface area contributed by atoms with E-state index in [4.69, 9.17) is 5.73 Å². The van der Waals surface area contributed by atoms with Crippen molar-refractivity contribution in [1.82, 2.24) is 15.3 Å². The molecule has 1 heterocycles. The van der Waals surface area contributed by atoms with Gasteiger partial charge in [0.1, 0.15) is 15.5 Å². The molecule has 3 N–H and O–H groups in total. The zero-order chi connectivity index (χ0) is 13.8. The van der Waals surface area contributed by atoms with Gasteiger partial charge in [-0.3, -0.25) is 4.79 Å². The summed E-state index contributed by atoms with van der Waals surface area (Å²) in [6.45, 7) is 1.98. The minimum Gasteiger partial charge on any atom is -0.368 e. The maximum absolute atomic E-state index is 11.7. The first-order valence-corrected chi connectivity index (χ1v) is 7.41. The summed E-state index contributed by atoms with van der Waals surface area (Å²) >= 11 is 0. The standard InChI is InChI=1S/C10H16N4O3S/c1-7-6-8(14-10(11)13-7)9(15)12-4-3-5-18(2,16)17/h6H,3-5H2,1-2H3,(H,12,15)(H2,11,13,14). The van der Waals surface area contributed by atoms with Crippen LogP contribution >= 0.6 is 0 Å². The van der Waals surface area contributed by atoms with Crippen molar-refractivity contribution in [2.45, 2.75) is 13.3 Å². The molecule has 1 aromatic rings. The predicted octanol–water partition coefficient (Wildman–Crippen LogP) is -0.468. The minimum atomic E-state index is -3.00. The number of hydrogen-bond acceptors (Lipinski definition) is 6. The summed E-state index contributed by atoms with van der Waals surface area (Å²) in [5, 5.41) is 2.58. The molecule has 0 aromatic carbocycles. The summed E-state index contributed by atoms with van der Waals surface area (Å²) in [6.07, 6.45) is 1.52. The van der Waals surface area contributed by atoms with Gasteiger partial charge in [-0.2, -0.15) is 0 Å². The Bertz CT molecular complexity index is 522. The van der Waals surface area contributed by atoms with Crippen molar-refractivity contribution in [3.8, 4) is 0 Å². The van der Waals surface area contributed by atoms with Crippen LogP contribution in [0.3, 0.4) is 0 Å². The molecule has 8 heteroatoms. The molecule has 0 bridgehead atoms. The summed E-state index contributed by atoms with van der Waals surface area (Å²) in [7, 11) is -3.00. The van der Waals surface area contributed by atoms with Crippen molar-refractivity contribution < 1.29 is 13.2 Å². The van der Waals surface area contributed by atoms with E-state index in [2.05, 4.69) is 15.3 Å². The number of rotatable bonds is 5. The number of nitrogens with zero attached hydrogens (tertiary/aromatic N) is 2. The van der Waals surface area contributed by atoms with Gasteiger partial charge in [-0.15, -0.1) is 0 Å². The van der Waals surface area contributed by atoms with E-state index in [1.54, 1.807) is 6.92 Å². The fourth-order valence-electron chi connectivity index (χ4n) is 1.33. The first kappa shape index (κ1) is 14.4. The highest BCUT2D eigenvalue weighted by atomic mass is 32.2. The summed E-state index contributed by atoms with van der Waals surface area (Å²) in [4.78, 5) is 19.3. The third kappa shape index (κ3) is 5.09. The maximum atomic E-state index is 11.7. The first-order valence-electron chi connectivity index (χ1n) is 5.35. The molecule has 7 nitrogen and oxygen atoms in total. The molecule has 0 unspecified atom stereocenters. The fraction of sp³-hybridized carbons (Fsp3) is 0.500. The Hall–Kier alpha value is -1.70. The van der Waals surface area contributed by atoms with Crippen molar-refractivity contribution in [3.63, 3.8) is 0 Å². The van der Waals surface area contributed by atoms with Crippen molar-refractivity contribution in [2.75, 3.05) is 24.3 Å². The molecule has 1 aromatic heterocycles. The van der Waals surface area contributed by atoms with Gasteiger partial charge in [-0.25, -0.2) is 18.4 Å². The molecule has 1 rings (SSSR count). The lowest BCUT2D eigenvalue weighted by atomic mass is 10.3. The molecule has 0 radical (unpaired) electrons. The number of carbonyl (C=O) groups is 1. The molecular weight excluding hydrogens is 256 g/mol. The normalized spacial score (nSPS) is 11.2. The second-order valence-electron chi connectivity index (χ2n) is 3.99. The Balaban J connectivity index is 2.51. The third-order valence-corrected chi connectivity index (χ3v) is 3.11. The molecule has 0 aliphatic rings. The van der Waals surface area contributed by atoms with Crippen LogP contribution in [0.15, 0.2) is 6.07 Å². The summed E-state index contributed by atoms with van der Waals surface area (Å²) < 4.78 is 21.8. The van der Waals surface area contributed by atoms with Crippen LogP contribution in [0.2, 0.25) is 0 Å². The van der Waals surface area contributed by atoms with Gasteiger partial charge in [0.05, 0.1) is 5.75 Å². The third-order valence-electron chi connectivity index (χ3n) is 2.08. The van der Waals surface area contributed by atoms with E-state index in [9.17, 15) is 13.2 Å². The lowest BCUT2D eigenvalue weighted by Crippen LogP contribution is -2.27.